The van der Waals surface area contributed by atoms with E-state index >= 15 is 0 Å². The van der Waals surface area contributed by atoms with Crippen LogP contribution in [0.2, 0.25) is 0 Å². The fourth-order valence-corrected chi connectivity index (χ4v) is 1.06. The maximum absolute atomic E-state index is 1.50. The lowest BCUT2D eigenvalue weighted by atomic mass is 8.81. The van der Waals surface area contributed by atoms with E-state index in [1.807, 2.05) is 0 Å². The van der Waals surface area contributed by atoms with Crippen LogP contribution in [-0.2, 0) is 0 Å². The standard InChI is InChI=1S/B6H6/c1-2-4-6-5-3-1/h1-6H. The Kier molecular flexibility index (Phi) is 1.93. The van der Waals surface area contributed by atoms with E-state index in [-0.39, 0.29) is 0 Å². The molecule has 0 aromatic heterocycles. The summed E-state index contributed by atoms with van der Waals surface area (Å²) < 4.78 is 0. The average Bonchev–Trinajstić information content (AvgIpc) is 1.72. The van der Waals surface area contributed by atoms with Crippen LogP contribution in [0.5, 0.6) is 0 Å². The minimum atomic E-state index is 1.50. The fourth-order valence-electron chi connectivity index (χ4n) is 1.06. The van der Waals surface area contributed by atoms with Crippen LogP contribution < -0.4 is 0 Å². The lowest BCUT2D eigenvalue weighted by Gasteiger charge is -1.96. The molecule has 1 aliphatic heterocycles. The Labute approximate surface area is 43.2 Å². The van der Waals surface area contributed by atoms with Gasteiger partial charge in [-0.1, -0.05) is 0 Å². The van der Waals surface area contributed by atoms with E-state index in [0.717, 1.165) is 0 Å². The quantitative estimate of drug-likeness (QED) is 0.256. The zero-order valence-corrected chi connectivity index (χ0v) is 4.24. The summed E-state index contributed by atoms with van der Waals surface area (Å²) >= 11 is 0. The molecular weight excluding hydrogens is 64.9 g/mol. The summed E-state index contributed by atoms with van der Waals surface area (Å²) in [5.41, 5.74) is 0. The van der Waals surface area contributed by atoms with Crippen LogP contribution in [-0.4, -0.2) is 42.4 Å². The Balaban J connectivity index is 2.00. The third kappa shape index (κ3) is 1.24. The van der Waals surface area contributed by atoms with Gasteiger partial charge < -0.3 is 0 Å². The highest BCUT2D eigenvalue weighted by molar-refractivity contribution is 7.76. The minimum absolute atomic E-state index is 1.50. The van der Waals surface area contributed by atoms with Crippen molar-refractivity contribution in [3.63, 3.8) is 0 Å². The topological polar surface area (TPSA) is 0 Å². The summed E-state index contributed by atoms with van der Waals surface area (Å²) in [6.07, 6.45) is 0. The predicted molar refractivity (Wildman–Crippen MR) is 42.9 cm³/mol. The van der Waals surface area contributed by atoms with Gasteiger partial charge in [-0.25, -0.2) is 0 Å². The zero-order valence-electron chi connectivity index (χ0n) is 4.24. The van der Waals surface area contributed by atoms with Gasteiger partial charge in [0.05, 0.1) is 0 Å². The molecule has 0 nitrogen and oxygen atoms in total. The van der Waals surface area contributed by atoms with Crippen molar-refractivity contribution in [1.82, 2.24) is 0 Å². The maximum atomic E-state index is 1.50. The molecule has 1 heterocycles. The van der Waals surface area contributed by atoms with Gasteiger partial charge in [-0.15, -0.1) is 0 Å². The molecule has 0 radical (unpaired) electrons. The summed E-state index contributed by atoms with van der Waals surface area (Å²) in [5, 5.41) is 0. The molecule has 0 aromatic carbocycles. The number of hydrogen-bond donors (Lipinski definition) is 0. The first-order chi connectivity index (χ1) is 3.00. The van der Waals surface area contributed by atoms with Crippen LogP contribution in [0, 0.1) is 0 Å². The summed E-state index contributed by atoms with van der Waals surface area (Å²) in [6.45, 7) is 0. The summed E-state index contributed by atoms with van der Waals surface area (Å²) in [4.78, 5) is 0. The second-order valence-corrected chi connectivity index (χ2v) is 2.12. The van der Waals surface area contributed by atoms with Crippen LogP contribution >= 0.6 is 0 Å². The molecule has 0 amide bonds. The molecular formula is H6B6. The second-order valence-electron chi connectivity index (χ2n) is 2.12. The van der Waals surface area contributed by atoms with Crippen molar-refractivity contribution >= 4 is 42.4 Å². The van der Waals surface area contributed by atoms with Crippen molar-refractivity contribution < 1.29 is 0 Å². The summed E-state index contributed by atoms with van der Waals surface area (Å²) in [7, 11) is 9.00. The maximum Gasteiger partial charge on any atom is 0.0379 e. The molecule has 6 heteroatoms. The molecule has 0 saturated carbocycles. The molecule has 6 heavy (non-hydrogen) atoms. The Hall–Kier alpha value is 0.390. The first-order valence-electron chi connectivity index (χ1n) is 3.00. The molecule has 0 unspecified atom stereocenters. The van der Waals surface area contributed by atoms with Crippen molar-refractivity contribution in [2.75, 3.05) is 0 Å². The largest absolute Gasteiger partial charge is 0.0379 e. The van der Waals surface area contributed by atoms with E-state index in [2.05, 4.69) is 0 Å². The van der Waals surface area contributed by atoms with Gasteiger partial charge in [0.1, 0.15) is 0 Å². The smallest absolute Gasteiger partial charge is 0.0379 e. The van der Waals surface area contributed by atoms with Crippen LogP contribution in [0.3, 0.4) is 0 Å². The normalized spacial score (nSPS) is 16.0. The SMILES string of the molecule is B1BBBBB1. The highest BCUT2D eigenvalue weighted by atomic mass is 12.8. The number of rotatable bonds is 0. The first kappa shape index (κ1) is 4.55. The molecule has 1 saturated heterocycles. The van der Waals surface area contributed by atoms with Crippen molar-refractivity contribution in [2.45, 2.75) is 0 Å². The average molecular weight is 70.9 g/mol. The van der Waals surface area contributed by atoms with Gasteiger partial charge in [0.2, 0.25) is 0 Å². The molecule has 24 valence electrons. The van der Waals surface area contributed by atoms with Crippen LogP contribution in [0.25, 0.3) is 0 Å². The lowest BCUT2D eigenvalue weighted by Crippen LogP contribution is -2.38. The Morgan fingerprint density at radius 1 is 0.333 bits per heavy atom. The molecule has 0 aliphatic carbocycles. The molecule has 0 spiro atoms. The third-order valence-corrected chi connectivity index (χ3v) is 1.50. The Bertz CT molecular complexity index is 15.5. The van der Waals surface area contributed by atoms with Gasteiger partial charge >= 0.3 is 0 Å². The van der Waals surface area contributed by atoms with Crippen molar-refractivity contribution in [2.24, 2.45) is 0 Å². The zero-order chi connectivity index (χ0) is 4.24. The third-order valence-electron chi connectivity index (χ3n) is 1.50. The highest BCUT2D eigenvalue weighted by Crippen LogP contribution is 1.62. The minimum Gasteiger partial charge on any atom is 0.0379 e. The van der Waals surface area contributed by atoms with Crippen molar-refractivity contribution in [3.05, 3.63) is 0 Å². The Morgan fingerprint density at radius 3 is 0.667 bits per heavy atom. The van der Waals surface area contributed by atoms with E-state index in [1.165, 1.54) is 42.4 Å². The van der Waals surface area contributed by atoms with Gasteiger partial charge in [-0.3, -0.25) is 0 Å². The van der Waals surface area contributed by atoms with E-state index in [0.29, 0.717) is 0 Å². The molecule has 0 bridgehead atoms. The Morgan fingerprint density at radius 2 is 0.500 bits per heavy atom. The van der Waals surface area contributed by atoms with Gasteiger partial charge in [-0.2, -0.15) is 0 Å². The van der Waals surface area contributed by atoms with Crippen molar-refractivity contribution in [3.8, 4) is 0 Å². The van der Waals surface area contributed by atoms with Crippen molar-refractivity contribution in [1.29, 1.82) is 0 Å². The highest BCUT2D eigenvalue weighted by Gasteiger charge is 2.04. The predicted octanol–water partition coefficient (Wildman–Crippen LogP) is -3.89. The molecule has 1 rings (SSSR count). The first-order valence-corrected chi connectivity index (χ1v) is 3.00. The van der Waals surface area contributed by atoms with Gasteiger partial charge in [0.25, 0.3) is 0 Å². The van der Waals surface area contributed by atoms with E-state index in [1.54, 1.807) is 0 Å². The van der Waals surface area contributed by atoms with Gasteiger partial charge in [0, 0.05) is 42.4 Å². The fraction of sp³-hybridized carbons (Fsp3) is 0. The van der Waals surface area contributed by atoms with Gasteiger partial charge in [-0.05, 0) is 0 Å². The monoisotopic (exact) mass is 72.1 g/mol. The van der Waals surface area contributed by atoms with Crippen LogP contribution in [0.1, 0.15) is 0 Å². The number of hydrogen-bond acceptors (Lipinski definition) is 0. The van der Waals surface area contributed by atoms with Gasteiger partial charge in [0.15, 0.2) is 0 Å². The van der Waals surface area contributed by atoms with E-state index < -0.39 is 0 Å². The molecule has 0 aromatic rings. The van der Waals surface area contributed by atoms with E-state index in [4.69, 9.17) is 0 Å². The molecule has 0 N–H and O–H groups in total. The summed E-state index contributed by atoms with van der Waals surface area (Å²) in [5.74, 6) is 0. The second kappa shape index (κ2) is 2.54. The van der Waals surface area contributed by atoms with Crippen LogP contribution in [0.15, 0.2) is 0 Å². The summed E-state index contributed by atoms with van der Waals surface area (Å²) in [6, 6.07) is 0. The molecule has 0 atom stereocenters. The molecule has 1 aliphatic rings. The lowest BCUT2D eigenvalue weighted by molar-refractivity contribution is 3.75. The van der Waals surface area contributed by atoms with Crippen LogP contribution in [0.4, 0.5) is 0 Å². The van der Waals surface area contributed by atoms with E-state index in [9.17, 15) is 0 Å². The molecule has 1 fully saturated rings.